The Morgan fingerprint density at radius 3 is 2.50 bits per heavy atom. The number of allylic oxidation sites excluding steroid dienone is 1. The van der Waals surface area contributed by atoms with Crippen LogP contribution in [0.15, 0.2) is 51.2 Å². The van der Waals surface area contributed by atoms with E-state index < -0.39 is 29.9 Å². The van der Waals surface area contributed by atoms with Gasteiger partial charge in [-0.2, -0.15) is 5.10 Å². The monoisotopic (exact) mass is 646 g/mol. The quantitative estimate of drug-likeness (QED) is 0.135. The van der Waals surface area contributed by atoms with Gasteiger partial charge in [-0.1, -0.05) is 6.07 Å². The summed E-state index contributed by atoms with van der Waals surface area (Å²) in [5, 5.41) is 9.24. The summed E-state index contributed by atoms with van der Waals surface area (Å²) < 4.78 is 27.4. The minimum atomic E-state index is -0.787. The highest BCUT2D eigenvalue weighted by molar-refractivity contribution is 9.10. The van der Waals surface area contributed by atoms with Crippen LogP contribution in [0.25, 0.3) is 0 Å². The number of nitrogens with zero attached hydrogens (tertiary/aromatic N) is 1. The molecule has 3 amide bonds. The molecule has 0 aromatic heterocycles. The zero-order valence-corrected chi connectivity index (χ0v) is 25.2. The average molecular weight is 647 g/mol. The van der Waals surface area contributed by atoms with Gasteiger partial charge in [0.15, 0.2) is 29.6 Å². The third-order valence-electron chi connectivity index (χ3n) is 5.62. The zero-order valence-electron chi connectivity index (χ0n) is 23.7. The predicted molar refractivity (Wildman–Crippen MR) is 155 cm³/mol. The molecule has 1 heterocycles. The van der Waals surface area contributed by atoms with Gasteiger partial charge in [0.1, 0.15) is 0 Å². The minimum absolute atomic E-state index is 0.173. The average Bonchev–Trinajstić information content (AvgIpc) is 2.93. The molecule has 224 valence electrons. The molecule has 0 radical (unpaired) electrons. The van der Waals surface area contributed by atoms with Gasteiger partial charge in [-0.3, -0.25) is 9.59 Å². The lowest BCUT2D eigenvalue weighted by molar-refractivity contribution is -0.139. The number of carbonyl (C=O) groups is 4. The fraction of sp³-hybridized carbons (Fsp3) is 0.321. The van der Waals surface area contributed by atoms with Crippen LogP contribution in [0, 0.1) is 0 Å². The zero-order chi connectivity index (χ0) is 30.8. The first-order chi connectivity index (χ1) is 20.1. The van der Waals surface area contributed by atoms with E-state index in [1.807, 2.05) is 0 Å². The molecule has 0 fully saturated rings. The molecule has 42 heavy (non-hydrogen) atoms. The number of urea groups is 1. The first-order valence-electron chi connectivity index (χ1n) is 12.8. The minimum Gasteiger partial charge on any atom is -0.493 e. The lowest BCUT2D eigenvalue weighted by Gasteiger charge is -2.28. The summed E-state index contributed by atoms with van der Waals surface area (Å²) in [7, 11) is 1.42. The van der Waals surface area contributed by atoms with Gasteiger partial charge >= 0.3 is 18.0 Å². The molecule has 1 aliphatic rings. The van der Waals surface area contributed by atoms with Crippen LogP contribution in [0.1, 0.15) is 44.9 Å². The Morgan fingerprint density at radius 2 is 1.83 bits per heavy atom. The fourth-order valence-electron chi connectivity index (χ4n) is 3.93. The lowest BCUT2D eigenvalue weighted by atomic mass is 9.95. The molecule has 0 spiro atoms. The maximum atomic E-state index is 12.6. The second-order valence-corrected chi connectivity index (χ2v) is 9.49. The Bertz CT molecular complexity index is 1420. The smallest absolute Gasteiger partial charge is 0.338 e. The van der Waals surface area contributed by atoms with Crippen molar-refractivity contribution in [3.63, 3.8) is 0 Å². The number of methoxy groups -OCH3 is 1. The Kier molecular flexibility index (Phi) is 11.3. The third-order valence-corrected chi connectivity index (χ3v) is 6.21. The summed E-state index contributed by atoms with van der Waals surface area (Å²) in [5.74, 6) is -0.507. The molecule has 0 aliphatic carbocycles. The molecule has 14 heteroatoms. The standard InChI is InChI=1S/C28H31BrN4O9/c1-6-39-22-11-17(10-19(29)26(22)42-16(4)34)13-30-33-23(35)14-41-20-9-8-18(12-21(20)38-5)25-24(27(36)40-7-2)15(3)31-28(37)32-25/h8-13,25H,6-7,14H2,1-5H3,(H,33,35)(H2,31,32,37)/b30-13+/t25-/m0/s1. The van der Waals surface area contributed by atoms with Crippen molar-refractivity contribution in [2.75, 3.05) is 26.9 Å². The lowest BCUT2D eigenvalue weighted by Crippen LogP contribution is -2.45. The number of hydrogen-bond donors (Lipinski definition) is 3. The van der Waals surface area contributed by atoms with E-state index in [1.54, 1.807) is 51.1 Å². The Labute approximate surface area is 250 Å². The summed E-state index contributed by atoms with van der Waals surface area (Å²) >= 11 is 3.35. The van der Waals surface area contributed by atoms with Crippen LogP contribution in [0.2, 0.25) is 0 Å². The summed E-state index contributed by atoms with van der Waals surface area (Å²) in [6.45, 7) is 6.51. The molecule has 3 rings (SSSR count). The first-order valence-corrected chi connectivity index (χ1v) is 13.6. The molecule has 3 N–H and O–H groups in total. The van der Waals surface area contributed by atoms with Crippen molar-refractivity contribution >= 4 is 46.0 Å². The molecule has 0 saturated carbocycles. The number of carbonyl (C=O) groups excluding carboxylic acids is 4. The summed E-state index contributed by atoms with van der Waals surface area (Å²) in [4.78, 5) is 48.5. The SMILES string of the molecule is CCOC(=O)C1=C(C)NC(=O)N[C@H]1c1ccc(OCC(=O)N/N=C/c2cc(Br)c(OC(C)=O)c(OCC)c2)c(OC)c1. The van der Waals surface area contributed by atoms with Crippen molar-refractivity contribution in [2.45, 2.75) is 33.7 Å². The van der Waals surface area contributed by atoms with Gasteiger partial charge in [-0.25, -0.2) is 15.0 Å². The molecule has 0 bridgehead atoms. The number of nitrogens with one attached hydrogen (secondary N) is 3. The molecule has 13 nitrogen and oxygen atoms in total. The van der Waals surface area contributed by atoms with Crippen molar-refractivity contribution < 1.29 is 42.9 Å². The van der Waals surface area contributed by atoms with Gasteiger partial charge in [0.2, 0.25) is 0 Å². The van der Waals surface area contributed by atoms with Gasteiger partial charge in [-0.05, 0) is 72.1 Å². The van der Waals surface area contributed by atoms with E-state index in [2.05, 4.69) is 37.1 Å². The number of amides is 3. The van der Waals surface area contributed by atoms with Crippen LogP contribution in [-0.2, 0) is 19.1 Å². The highest BCUT2D eigenvalue weighted by Crippen LogP contribution is 2.37. The largest absolute Gasteiger partial charge is 0.493 e. The summed E-state index contributed by atoms with van der Waals surface area (Å²) in [5.41, 5.74) is 4.11. The van der Waals surface area contributed by atoms with Crippen LogP contribution < -0.4 is 35.0 Å². The maximum absolute atomic E-state index is 12.6. The second kappa shape index (κ2) is 14.9. The van der Waals surface area contributed by atoms with Crippen LogP contribution in [0.5, 0.6) is 23.0 Å². The Hall–Kier alpha value is -4.59. The van der Waals surface area contributed by atoms with E-state index in [1.165, 1.54) is 20.2 Å². The van der Waals surface area contributed by atoms with E-state index >= 15 is 0 Å². The van der Waals surface area contributed by atoms with Gasteiger partial charge < -0.3 is 34.3 Å². The number of hydrazone groups is 1. The van der Waals surface area contributed by atoms with Gasteiger partial charge in [0.05, 0.1) is 42.6 Å². The van der Waals surface area contributed by atoms with Crippen molar-refractivity contribution in [2.24, 2.45) is 5.10 Å². The fourth-order valence-corrected chi connectivity index (χ4v) is 4.47. The van der Waals surface area contributed by atoms with E-state index in [0.717, 1.165) is 0 Å². The summed E-state index contributed by atoms with van der Waals surface area (Å²) in [6, 6.07) is 6.81. The van der Waals surface area contributed by atoms with Gasteiger partial charge in [0, 0.05) is 12.6 Å². The molecule has 1 aliphatic heterocycles. The molecular weight excluding hydrogens is 616 g/mol. The highest BCUT2D eigenvalue weighted by Gasteiger charge is 2.32. The highest BCUT2D eigenvalue weighted by atomic mass is 79.9. The van der Waals surface area contributed by atoms with E-state index in [0.29, 0.717) is 33.7 Å². The van der Waals surface area contributed by atoms with Crippen LogP contribution >= 0.6 is 15.9 Å². The number of halogens is 1. The van der Waals surface area contributed by atoms with Crippen LogP contribution in [0.3, 0.4) is 0 Å². The van der Waals surface area contributed by atoms with Crippen molar-refractivity contribution in [1.29, 1.82) is 0 Å². The second-order valence-electron chi connectivity index (χ2n) is 8.64. The van der Waals surface area contributed by atoms with E-state index in [9.17, 15) is 19.2 Å². The molecule has 0 unspecified atom stereocenters. The molecule has 2 aromatic carbocycles. The number of esters is 2. The number of benzene rings is 2. The Morgan fingerprint density at radius 1 is 1.07 bits per heavy atom. The van der Waals surface area contributed by atoms with Crippen molar-refractivity contribution in [3.8, 4) is 23.0 Å². The first kappa shape index (κ1) is 31.9. The van der Waals surface area contributed by atoms with Crippen molar-refractivity contribution in [3.05, 3.63) is 57.2 Å². The predicted octanol–water partition coefficient (Wildman–Crippen LogP) is 3.50. The molecule has 1 atom stereocenters. The number of hydrogen-bond acceptors (Lipinski definition) is 10. The van der Waals surface area contributed by atoms with E-state index in [4.69, 9.17) is 23.7 Å². The molecule has 0 saturated heterocycles. The molecule has 2 aromatic rings. The van der Waals surface area contributed by atoms with Crippen molar-refractivity contribution in [1.82, 2.24) is 16.1 Å². The number of rotatable bonds is 12. The Balaban J connectivity index is 1.68. The normalized spacial score (nSPS) is 14.5. The summed E-state index contributed by atoms with van der Waals surface area (Å²) in [6.07, 6.45) is 1.39. The maximum Gasteiger partial charge on any atom is 0.338 e. The number of ether oxygens (including phenoxy) is 5. The van der Waals surface area contributed by atoms with Crippen LogP contribution in [0.4, 0.5) is 4.79 Å². The van der Waals surface area contributed by atoms with Crippen LogP contribution in [-0.4, -0.2) is 57.0 Å². The topological polar surface area (TPSA) is 163 Å². The molecular formula is C28H31BrN4O9. The van der Waals surface area contributed by atoms with Gasteiger partial charge in [0.25, 0.3) is 5.91 Å². The third kappa shape index (κ3) is 8.22. The van der Waals surface area contributed by atoms with E-state index in [-0.39, 0.29) is 36.0 Å². The van der Waals surface area contributed by atoms with Gasteiger partial charge in [-0.15, -0.1) is 0 Å².